The van der Waals surface area contributed by atoms with E-state index >= 15 is 0 Å². The molecule has 0 heterocycles. The van der Waals surface area contributed by atoms with E-state index in [4.69, 9.17) is 5.26 Å². The third-order valence-corrected chi connectivity index (χ3v) is 4.16. The number of hydrogen-bond acceptors (Lipinski definition) is 3. The highest BCUT2D eigenvalue weighted by Gasteiger charge is 2.18. The van der Waals surface area contributed by atoms with Crippen molar-refractivity contribution in [3.63, 3.8) is 0 Å². The molecule has 0 aliphatic rings. The van der Waals surface area contributed by atoms with Crippen LogP contribution in [0.2, 0.25) is 0 Å². The highest BCUT2D eigenvalue weighted by molar-refractivity contribution is 5.57. The van der Waals surface area contributed by atoms with E-state index in [1.54, 1.807) is 12.1 Å². The molecule has 0 bridgehead atoms. The fourth-order valence-electron chi connectivity index (χ4n) is 2.92. The smallest absolute Gasteiger partial charge is 0.135 e. The Kier molecular flexibility index (Phi) is 6.05. The average molecular weight is 308 g/mol. The first kappa shape index (κ1) is 16.9. The van der Waals surface area contributed by atoms with E-state index in [9.17, 15) is 5.11 Å². The lowest BCUT2D eigenvalue weighted by molar-refractivity contribution is 0.472. The van der Waals surface area contributed by atoms with Crippen LogP contribution in [0, 0.1) is 11.3 Å². The average Bonchev–Trinajstić information content (AvgIpc) is 2.59. The molecule has 120 valence electrons. The van der Waals surface area contributed by atoms with Gasteiger partial charge in [0.1, 0.15) is 11.8 Å². The lowest BCUT2D eigenvalue weighted by atomic mass is 10.0. The van der Waals surface area contributed by atoms with E-state index < -0.39 is 0 Å². The number of nitriles is 1. The van der Waals surface area contributed by atoms with Crippen LogP contribution in [0.4, 0.5) is 5.69 Å². The zero-order chi connectivity index (χ0) is 16.7. The van der Waals surface area contributed by atoms with Gasteiger partial charge in [0.15, 0.2) is 0 Å². The molecule has 0 amide bonds. The molecule has 0 radical (unpaired) electrons. The predicted octanol–water partition coefficient (Wildman–Crippen LogP) is 4.85. The lowest BCUT2D eigenvalue weighted by Crippen LogP contribution is -2.34. The molecule has 1 N–H and O–H groups in total. The summed E-state index contributed by atoms with van der Waals surface area (Å²) in [5, 5.41) is 19.0. The van der Waals surface area contributed by atoms with Gasteiger partial charge in [0, 0.05) is 24.3 Å². The largest absolute Gasteiger partial charge is 0.506 e. The fraction of sp³-hybridized carbons (Fsp3) is 0.350. The minimum Gasteiger partial charge on any atom is -0.506 e. The van der Waals surface area contributed by atoms with Crippen LogP contribution in [0.25, 0.3) is 0 Å². The van der Waals surface area contributed by atoms with Crippen molar-refractivity contribution in [3.05, 3.63) is 59.7 Å². The van der Waals surface area contributed by atoms with E-state index in [1.165, 1.54) is 5.56 Å². The van der Waals surface area contributed by atoms with Gasteiger partial charge in [-0.3, -0.25) is 0 Å². The number of benzene rings is 2. The summed E-state index contributed by atoms with van der Waals surface area (Å²) in [4.78, 5) is 2.33. The first-order valence-corrected chi connectivity index (χ1v) is 8.23. The number of hydrogen-bond donors (Lipinski definition) is 1. The van der Waals surface area contributed by atoms with Crippen LogP contribution in [0.1, 0.15) is 44.2 Å². The Morgan fingerprint density at radius 1 is 1.13 bits per heavy atom. The molecule has 0 aromatic heterocycles. The fourth-order valence-corrected chi connectivity index (χ4v) is 2.92. The van der Waals surface area contributed by atoms with Crippen LogP contribution >= 0.6 is 0 Å². The van der Waals surface area contributed by atoms with Crippen molar-refractivity contribution in [1.82, 2.24) is 0 Å². The van der Waals surface area contributed by atoms with Crippen LogP contribution < -0.4 is 4.90 Å². The van der Waals surface area contributed by atoms with Gasteiger partial charge in [0.2, 0.25) is 0 Å². The van der Waals surface area contributed by atoms with Crippen LogP contribution in [-0.4, -0.2) is 11.1 Å². The zero-order valence-corrected chi connectivity index (χ0v) is 13.9. The van der Waals surface area contributed by atoms with Crippen molar-refractivity contribution in [2.24, 2.45) is 0 Å². The summed E-state index contributed by atoms with van der Waals surface area (Å²) in [6, 6.07) is 18.1. The van der Waals surface area contributed by atoms with Crippen LogP contribution in [0.5, 0.6) is 5.75 Å². The van der Waals surface area contributed by atoms with E-state index in [-0.39, 0.29) is 5.75 Å². The van der Waals surface area contributed by atoms with Crippen LogP contribution in [0.3, 0.4) is 0 Å². The summed E-state index contributed by atoms with van der Waals surface area (Å²) in [6.45, 7) is 5.19. The third kappa shape index (κ3) is 4.26. The van der Waals surface area contributed by atoms with Crippen LogP contribution in [-0.2, 0) is 6.54 Å². The summed E-state index contributed by atoms with van der Waals surface area (Å²) in [6.07, 6.45) is 3.26. The first-order chi connectivity index (χ1) is 11.2. The van der Waals surface area contributed by atoms with Gasteiger partial charge in [-0.05, 0) is 30.5 Å². The molecule has 0 unspecified atom stereocenters. The second-order valence-corrected chi connectivity index (χ2v) is 5.78. The molecule has 2 aromatic rings. The third-order valence-electron chi connectivity index (χ3n) is 4.16. The van der Waals surface area contributed by atoms with Crippen molar-refractivity contribution in [2.45, 2.75) is 45.7 Å². The van der Waals surface area contributed by atoms with E-state index in [0.717, 1.165) is 31.5 Å². The van der Waals surface area contributed by atoms with Crippen LogP contribution in [0.15, 0.2) is 48.5 Å². The maximum atomic E-state index is 10.0. The van der Waals surface area contributed by atoms with Gasteiger partial charge in [-0.25, -0.2) is 0 Å². The number of aromatic hydroxyl groups is 1. The Bertz CT molecular complexity index is 661. The molecule has 0 fully saturated rings. The molecular formula is C20H24N2O. The van der Waals surface area contributed by atoms with Gasteiger partial charge < -0.3 is 10.0 Å². The van der Waals surface area contributed by atoms with Gasteiger partial charge in [-0.15, -0.1) is 0 Å². The number of phenols is 1. The molecule has 2 aromatic carbocycles. The van der Waals surface area contributed by atoms with Gasteiger partial charge >= 0.3 is 0 Å². The van der Waals surface area contributed by atoms with Crippen molar-refractivity contribution in [2.75, 3.05) is 4.90 Å². The standard InChI is InChI=1S/C20H24N2O/c1-3-8-18(4-2)22(15-16-9-6-5-7-10-16)19-12-11-17(14-21)20(23)13-19/h5-7,9-13,18,23H,3-4,8,15H2,1-2H3/t18-/m1/s1. The Morgan fingerprint density at radius 3 is 2.43 bits per heavy atom. The summed E-state index contributed by atoms with van der Waals surface area (Å²) in [7, 11) is 0. The Hall–Kier alpha value is -2.47. The van der Waals surface area contributed by atoms with Crippen molar-refractivity contribution in [3.8, 4) is 11.8 Å². The van der Waals surface area contributed by atoms with E-state index in [1.807, 2.05) is 30.3 Å². The Labute approximate surface area is 138 Å². The normalized spacial score (nSPS) is 11.7. The zero-order valence-electron chi connectivity index (χ0n) is 13.9. The molecular weight excluding hydrogens is 284 g/mol. The molecule has 23 heavy (non-hydrogen) atoms. The number of anilines is 1. The molecule has 0 aliphatic carbocycles. The van der Waals surface area contributed by atoms with Gasteiger partial charge in [0.25, 0.3) is 0 Å². The van der Waals surface area contributed by atoms with Gasteiger partial charge in [-0.1, -0.05) is 50.6 Å². The first-order valence-electron chi connectivity index (χ1n) is 8.23. The maximum Gasteiger partial charge on any atom is 0.135 e. The summed E-state index contributed by atoms with van der Waals surface area (Å²) >= 11 is 0. The Morgan fingerprint density at radius 2 is 1.87 bits per heavy atom. The van der Waals surface area contributed by atoms with Crippen molar-refractivity contribution in [1.29, 1.82) is 5.26 Å². The molecule has 0 spiro atoms. The highest BCUT2D eigenvalue weighted by Crippen LogP contribution is 2.29. The molecule has 3 nitrogen and oxygen atoms in total. The van der Waals surface area contributed by atoms with E-state index in [2.05, 4.69) is 30.9 Å². The summed E-state index contributed by atoms with van der Waals surface area (Å²) in [5.41, 5.74) is 2.52. The molecule has 2 rings (SSSR count). The molecule has 3 heteroatoms. The summed E-state index contributed by atoms with van der Waals surface area (Å²) < 4.78 is 0. The minimum absolute atomic E-state index is 0.0504. The van der Waals surface area contributed by atoms with E-state index in [0.29, 0.717) is 11.6 Å². The number of nitrogens with zero attached hydrogens (tertiary/aromatic N) is 2. The number of rotatable bonds is 7. The quantitative estimate of drug-likeness (QED) is 0.795. The Balaban J connectivity index is 2.36. The maximum absolute atomic E-state index is 10.0. The van der Waals surface area contributed by atoms with Gasteiger partial charge in [0.05, 0.1) is 5.56 Å². The molecule has 1 atom stereocenters. The topological polar surface area (TPSA) is 47.3 Å². The monoisotopic (exact) mass is 308 g/mol. The minimum atomic E-state index is 0.0504. The highest BCUT2D eigenvalue weighted by atomic mass is 16.3. The SMILES string of the molecule is CCC[C@@H](CC)N(Cc1ccccc1)c1ccc(C#N)c(O)c1. The van der Waals surface area contributed by atoms with Crippen molar-refractivity contribution >= 4 is 5.69 Å². The van der Waals surface area contributed by atoms with Gasteiger partial charge in [-0.2, -0.15) is 5.26 Å². The lowest BCUT2D eigenvalue weighted by Gasteiger charge is -2.33. The van der Waals surface area contributed by atoms with Crippen molar-refractivity contribution < 1.29 is 5.11 Å². The summed E-state index contributed by atoms with van der Waals surface area (Å²) in [5.74, 6) is 0.0504. The molecule has 0 saturated heterocycles. The molecule has 0 aliphatic heterocycles. The molecule has 0 saturated carbocycles. The predicted molar refractivity (Wildman–Crippen MR) is 94.4 cm³/mol. The second-order valence-electron chi connectivity index (χ2n) is 5.78. The second kappa shape index (κ2) is 8.24. The number of phenolic OH excluding ortho intramolecular Hbond substituents is 1.